The number of esters is 1. The second-order valence-corrected chi connectivity index (χ2v) is 8.08. The van der Waals surface area contributed by atoms with Crippen LogP contribution in [0, 0.1) is 0 Å². The summed E-state index contributed by atoms with van der Waals surface area (Å²) >= 11 is 0. The number of hydrogen-bond acceptors (Lipinski definition) is 5. The number of aliphatic hydroxyl groups is 1. The van der Waals surface area contributed by atoms with Crippen molar-refractivity contribution >= 4 is 23.5 Å². The quantitative estimate of drug-likeness (QED) is 0.495. The third-order valence-electron chi connectivity index (χ3n) is 6.47. The average molecular weight is 442 g/mol. The molecule has 166 valence electrons. The standard InChI is InChI=1S/C26H22N2O5/c1-33-25(32)22(17-10-4-2-5-11-17)28-20-15-9-8-14-19(20)26(18-12-6-3-7-13-18)23(30)24(31)27(26)16-21(28)29/h2-15,22-23,30H,16H2,1H3/t22-,23-,26-/m1/s1. The number of aliphatic hydroxyl groups excluding tert-OH is 1. The Morgan fingerprint density at radius 1 is 0.970 bits per heavy atom. The van der Waals surface area contributed by atoms with Crippen LogP contribution in [0.15, 0.2) is 84.9 Å². The highest BCUT2D eigenvalue weighted by Gasteiger charge is 2.64. The van der Waals surface area contributed by atoms with E-state index < -0.39 is 35.5 Å². The molecule has 0 saturated carbocycles. The summed E-state index contributed by atoms with van der Waals surface area (Å²) in [6.45, 7) is -0.292. The molecule has 33 heavy (non-hydrogen) atoms. The summed E-state index contributed by atoms with van der Waals surface area (Å²) in [4.78, 5) is 42.3. The molecule has 2 heterocycles. The summed E-state index contributed by atoms with van der Waals surface area (Å²) in [6, 6.07) is 24.1. The van der Waals surface area contributed by atoms with E-state index >= 15 is 0 Å². The second kappa shape index (κ2) is 7.86. The predicted octanol–water partition coefficient (Wildman–Crippen LogP) is 2.39. The lowest BCUT2D eigenvalue weighted by Gasteiger charge is -2.54. The van der Waals surface area contributed by atoms with E-state index in [4.69, 9.17) is 4.74 Å². The molecule has 2 aliphatic heterocycles. The third-order valence-corrected chi connectivity index (χ3v) is 6.47. The minimum Gasteiger partial charge on any atom is -0.467 e. The van der Waals surface area contributed by atoms with Crippen LogP contribution in [0.4, 0.5) is 5.69 Å². The van der Waals surface area contributed by atoms with Crippen molar-refractivity contribution in [1.82, 2.24) is 4.90 Å². The van der Waals surface area contributed by atoms with Gasteiger partial charge in [0.05, 0.1) is 12.8 Å². The summed E-state index contributed by atoms with van der Waals surface area (Å²) < 4.78 is 5.08. The van der Waals surface area contributed by atoms with E-state index in [2.05, 4.69) is 0 Å². The van der Waals surface area contributed by atoms with E-state index in [1.54, 1.807) is 48.5 Å². The SMILES string of the molecule is COC(=O)[C@@H](c1ccccc1)N1C(=O)CN2C(=O)[C@@H](O)[C@@]2(c2ccccc2)c2ccccc21. The van der Waals surface area contributed by atoms with E-state index in [1.807, 2.05) is 36.4 Å². The number of β-lactam (4-membered cyclic amide) rings is 1. The van der Waals surface area contributed by atoms with Gasteiger partial charge in [0.25, 0.3) is 5.91 Å². The van der Waals surface area contributed by atoms with Crippen LogP contribution < -0.4 is 4.90 Å². The Bertz CT molecular complexity index is 1230. The Labute approximate surface area is 190 Å². The third kappa shape index (κ3) is 2.89. The number of nitrogens with zero attached hydrogens (tertiary/aromatic N) is 2. The van der Waals surface area contributed by atoms with Crippen LogP contribution in [0.3, 0.4) is 0 Å². The Kier molecular flexibility index (Phi) is 4.98. The Morgan fingerprint density at radius 3 is 2.24 bits per heavy atom. The zero-order valence-electron chi connectivity index (χ0n) is 17.9. The molecule has 2 aliphatic rings. The van der Waals surface area contributed by atoms with Crippen molar-refractivity contribution in [2.75, 3.05) is 18.6 Å². The van der Waals surface area contributed by atoms with Crippen molar-refractivity contribution in [1.29, 1.82) is 0 Å². The zero-order chi connectivity index (χ0) is 23.2. The monoisotopic (exact) mass is 442 g/mol. The fourth-order valence-corrected chi connectivity index (χ4v) is 5.01. The van der Waals surface area contributed by atoms with E-state index in [-0.39, 0.29) is 6.54 Å². The normalized spacial score (nSPS) is 22.5. The average Bonchev–Trinajstić information content (AvgIpc) is 2.97. The van der Waals surface area contributed by atoms with Crippen molar-refractivity contribution in [2.24, 2.45) is 0 Å². The summed E-state index contributed by atoms with van der Waals surface area (Å²) in [6.07, 6.45) is -1.36. The summed E-state index contributed by atoms with van der Waals surface area (Å²) in [5, 5.41) is 11.1. The van der Waals surface area contributed by atoms with E-state index in [9.17, 15) is 19.5 Å². The molecule has 1 N–H and O–H groups in total. The van der Waals surface area contributed by atoms with E-state index in [0.717, 1.165) is 0 Å². The van der Waals surface area contributed by atoms with Crippen LogP contribution in [-0.2, 0) is 24.7 Å². The number of fused-ring (bicyclic) bond motifs is 3. The Hall–Kier alpha value is -3.97. The lowest BCUT2D eigenvalue weighted by molar-refractivity contribution is -0.181. The highest BCUT2D eigenvalue weighted by Crippen LogP contribution is 2.52. The van der Waals surface area contributed by atoms with Gasteiger partial charge in [-0.15, -0.1) is 0 Å². The first kappa shape index (κ1) is 20.9. The van der Waals surface area contributed by atoms with Gasteiger partial charge in [-0.2, -0.15) is 0 Å². The zero-order valence-corrected chi connectivity index (χ0v) is 17.9. The molecule has 7 heteroatoms. The molecule has 3 aromatic carbocycles. The smallest absolute Gasteiger partial charge is 0.333 e. The van der Waals surface area contributed by atoms with Crippen molar-refractivity contribution in [3.63, 3.8) is 0 Å². The van der Waals surface area contributed by atoms with Gasteiger partial charge in [-0.1, -0.05) is 78.9 Å². The number of ether oxygens (including phenoxy) is 1. The van der Waals surface area contributed by atoms with Crippen molar-refractivity contribution < 1.29 is 24.2 Å². The van der Waals surface area contributed by atoms with Crippen LogP contribution in [0.1, 0.15) is 22.7 Å². The topological polar surface area (TPSA) is 87.2 Å². The number of methoxy groups -OCH3 is 1. The van der Waals surface area contributed by atoms with Gasteiger partial charge < -0.3 is 14.7 Å². The first-order valence-corrected chi connectivity index (χ1v) is 10.6. The van der Waals surface area contributed by atoms with Crippen LogP contribution >= 0.6 is 0 Å². The van der Waals surface area contributed by atoms with Gasteiger partial charge in [0.2, 0.25) is 5.91 Å². The molecule has 3 atom stereocenters. The van der Waals surface area contributed by atoms with Gasteiger partial charge in [0.15, 0.2) is 12.1 Å². The minimum atomic E-state index is -1.36. The molecule has 1 fully saturated rings. The van der Waals surface area contributed by atoms with E-state index in [1.165, 1.54) is 16.9 Å². The van der Waals surface area contributed by atoms with Crippen LogP contribution in [0.5, 0.6) is 0 Å². The number of para-hydroxylation sites is 1. The fraction of sp³-hybridized carbons (Fsp3) is 0.192. The van der Waals surface area contributed by atoms with Gasteiger partial charge in [-0.05, 0) is 17.2 Å². The molecular weight excluding hydrogens is 420 g/mol. The van der Waals surface area contributed by atoms with Gasteiger partial charge in [0.1, 0.15) is 12.1 Å². The molecule has 0 aliphatic carbocycles. The molecule has 0 aromatic heterocycles. The first-order valence-electron chi connectivity index (χ1n) is 10.6. The molecule has 1 saturated heterocycles. The Balaban J connectivity index is 1.78. The summed E-state index contributed by atoms with van der Waals surface area (Å²) in [5.41, 5.74) is 1.04. The lowest BCUT2D eigenvalue weighted by atomic mass is 9.69. The van der Waals surface area contributed by atoms with Crippen molar-refractivity contribution in [3.05, 3.63) is 102 Å². The van der Waals surface area contributed by atoms with E-state index in [0.29, 0.717) is 22.4 Å². The predicted molar refractivity (Wildman–Crippen MR) is 120 cm³/mol. The van der Waals surface area contributed by atoms with Crippen LogP contribution in [-0.4, -0.2) is 47.5 Å². The summed E-state index contributed by atoms with van der Waals surface area (Å²) in [7, 11) is 1.28. The number of hydrogen-bond donors (Lipinski definition) is 1. The largest absolute Gasteiger partial charge is 0.467 e. The number of amides is 2. The maximum Gasteiger partial charge on any atom is 0.333 e. The molecule has 5 rings (SSSR count). The number of carbonyl (C=O) groups excluding carboxylic acids is 3. The number of benzene rings is 3. The Morgan fingerprint density at radius 2 is 1.58 bits per heavy atom. The molecule has 0 bridgehead atoms. The molecular formula is C26H22N2O5. The number of carbonyl (C=O) groups is 3. The molecule has 0 unspecified atom stereocenters. The highest BCUT2D eigenvalue weighted by molar-refractivity contribution is 6.07. The molecule has 3 aromatic rings. The van der Waals surface area contributed by atoms with Crippen molar-refractivity contribution in [3.8, 4) is 0 Å². The lowest BCUT2D eigenvalue weighted by Crippen LogP contribution is -2.72. The van der Waals surface area contributed by atoms with Crippen molar-refractivity contribution in [2.45, 2.75) is 17.7 Å². The van der Waals surface area contributed by atoms with Crippen LogP contribution in [0.2, 0.25) is 0 Å². The first-order chi connectivity index (χ1) is 16.0. The van der Waals surface area contributed by atoms with Gasteiger partial charge in [0, 0.05) is 5.56 Å². The minimum absolute atomic E-state index is 0.292. The molecule has 7 nitrogen and oxygen atoms in total. The highest BCUT2D eigenvalue weighted by atomic mass is 16.5. The number of anilines is 1. The maximum atomic E-state index is 13.7. The molecule has 0 spiro atoms. The maximum absolute atomic E-state index is 13.7. The molecule has 0 radical (unpaired) electrons. The van der Waals surface area contributed by atoms with Crippen LogP contribution in [0.25, 0.3) is 0 Å². The second-order valence-electron chi connectivity index (χ2n) is 8.08. The van der Waals surface area contributed by atoms with Gasteiger partial charge in [-0.25, -0.2) is 4.79 Å². The van der Waals surface area contributed by atoms with Gasteiger partial charge >= 0.3 is 5.97 Å². The number of rotatable bonds is 4. The van der Waals surface area contributed by atoms with Gasteiger partial charge in [-0.3, -0.25) is 14.5 Å². The molecule has 2 amide bonds. The summed E-state index contributed by atoms with van der Waals surface area (Å²) in [5.74, 6) is -1.58. The fourth-order valence-electron chi connectivity index (χ4n) is 5.01.